The molecule has 2 aromatic heterocycles. The van der Waals surface area contributed by atoms with Gasteiger partial charge in [0.1, 0.15) is 16.2 Å². The predicted octanol–water partition coefficient (Wildman–Crippen LogP) is 3.09. The highest BCUT2D eigenvalue weighted by atomic mass is 32.2. The molecule has 0 radical (unpaired) electrons. The quantitative estimate of drug-likeness (QED) is 0.680. The molecule has 6 heteroatoms. The van der Waals surface area contributed by atoms with E-state index in [-0.39, 0.29) is 11.4 Å². The van der Waals surface area contributed by atoms with Gasteiger partial charge in [0.2, 0.25) is 5.91 Å². The summed E-state index contributed by atoms with van der Waals surface area (Å²) in [6.07, 6.45) is 2.46. The van der Waals surface area contributed by atoms with Gasteiger partial charge in [0.15, 0.2) is 0 Å². The third kappa shape index (κ3) is 3.67. The van der Waals surface area contributed by atoms with E-state index < -0.39 is 0 Å². The molecule has 0 saturated carbocycles. The van der Waals surface area contributed by atoms with E-state index >= 15 is 0 Å². The Morgan fingerprint density at radius 3 is 3.00 bits per heavy atom. The van der Waals surface area contributed by atoms with E-state index in [0.29, 0.717) is 5.75 Å². The van der Waals surface area contributed by atoms with E-state index in [0.717, 1.165) is 21.7 Å². The van der Waals surface area contributed by atoms with E-state index in [1.165, 1.54) is 11.8 Å². The van der Waals surface area contributed by atoms with Gasteiger partial charge in [-0.3, -0.25) is 4.79 Å². The number of nitrogens with zero attached hydrogens (tertiary/aromatic N) is 2. The van der Waals surface area contributed by atoms with E-state index in [1.54, 1.807) is 17.7 Å². The van der Waals surface area contributed by atoms with Crippen LogP contribution < -0.4 is 5.32 Å². The first-order chi connectivity index (χ1) is 9.02. The molecule has 0 aliphatic carbocycles. The highest BCUT2D eigenvalue weighted by molar-refractivity contribution is 8.00. The summed E-state index contributed by atoms with van der Waals surface area (Å²) >= 11 is 3.04. The molecule has 0 unspecified atom stereocenters. The van der Waals surface area contributed by atoms with Gasteiger partial charge in [-0.1, -0.05) is 18.7 Å². The molecule has 102 valence electrons. The van der Waals surface area contributed by atoms with Crippen molar-refractivity contribution in [2.45, 2.75) is 37.8 Å². The number of hydrogen-bond donors (Lipinski definition) is 1. The number of thiophene rings is 1. The minimum atomic E-state index is -0.152. The lowest BCUT2D eigenvalue weighted by atomic mass is 10.0. The maximum atomic E-state index is 11.9. The number of carbonyl (C=O) groups is 1. The van der Waals surface area contributed by atoms with Crippen molar-refractivity contribution in [2.75, 3.05) is 5.75 Å². The molecule has 2 heterocycles. The lowest BCUT2D eigenvalue weighted by Gasteiger charge is -2.24. The van der Waals surface area contributed by atoms with Gasteiger partial charge in [-0.15, -0.1) is 11.3 Å². The van der Waals surface area contributed by atoms with Gasteiger partial charge >= 0.3 is 0 Å². The summed E-state index contributed by atoms with van der Waals surface area (Å²) in [6, 6.07) is 2.00. The van der Waals surface area contributed by atoms with Crippen LogP contribution in [-0.2, 0) is 4.79 Å². The molecule has 0 atom stereocenters. The van der Waals surface area contributed by atoms with Gasteiger partial charge < -0.3 is 5.32 Å². The number of fused-ring (bicyclic) bond motifs is 1. The zero-order chi connectivity index (χ0) is 13.9. The van der Waals surface area contributed by atoms with Crippen molar-refractivity contribution in [2.24, 2.45) is 0 Å². The summed E-state index contributed by atoms with van der Waals surface area (Å²) in [6.45, 7) is 6.11. The van der Waals surface area contributed by atoms with Crippen LogP contribution in [0.2, 0.25) is 0 Å². The van der Waals surface area contributed by atoms with Gasteiger partial charge in [-0.05, 0) is 31.7 Å². The summed E-state index contributed by atoms with van der Waals surface area (Å²) in [5.74, 6) is 0.421. The standard InChI is InChI=1S/C13H17N3OS2/c1-4-13(2,3)16-10(17)7-19-12-9-5-6-18-11(9)14-8-15-12/h5-6,8H,4,7H2,1-3H3,(H,16,17). The van der Waals surface area contributed by atoms with Crippen LogP contribution in [0.15, 0.2) is 22.8 Å². The SMILES string of the molecule is CCC(C)(C)NC(=O)CSc1ncnc2sccc12. The number of rotatable bonds is 5. The van der Waals surface area contributed by atoms with Gasteiger partial charge in [0, 0.05) is 10.9 Å². The summed E-state index contributed by atoms with van der Waals surface area (Å²) in [7, 11) is 0. The summed E-state index contributed by atoms with van der Waals surface area (Å²) < 4.78 is 0. The van der Waals surface area contributed by atoms with Crippen molar-refractivity contribution in [3.63, 3.8) is 0 Å². The summed E-state index contributed by atoms with van der Waals surface area (Å²) in [5.41, 5.74) is -0.152. The van der Waals surface area contributed by atoms with Crippen LogP contribution in [0.1, 0.15) is 27.2 Å². The molecule has 19 heavy (non-hydrogen) atoms. The number of thioether (sulfide) groups is 1. The number of amides is 1. The maximum Gasteiger partial charge on any atom is 0.230 e. The van der Waals surface area contributed by atoms with Crippen molar-refractivity contribution >= 4 is 39.2 Å². The van der Waals surface area contributed by atoms with Gasteiger partial charge in [0.05, 0.1) is 5.75 Å². The molecular weight excluding hydrogens is 278 g/mol. The second kappa shape index (κ2) is 5.88. The van der Waals surface area contributed by atoms with Crippen molar-refractivity contribution in [3.8, 4) is 0 Å². The van der Waals surface area contributed by atoms with E-state index in [4.69, 9.17) is 0 Å². The van der Waals surface area contributed by atoms with Crippen molar-refractivity contribution < 1.29 is 4.79 Å². The fourth-order valence-electron chi connectivity index (χ4n) is 1.52. The van der Waals surface area contributed by atoms with Crippen molar-refractivity contribution in [1.82, 2.24) is 15.3 Å². The summed E-state index contributed by atoms with van der Waals surface area (Å²) in [4.78, 5) is 21.3. The lowest BCUT2D eigenvalue weighted by Crippen LogP contribution is -2.43. The fourth-order valence-corrected chi connectivity index (χ4v) is 3.10. The second-order valence-electron chi connectivity index (χ2n) is 4.89. The molecule has 1 N–H and O–H groups in total. The highest BCUT2D eigenvalue weighted by Crippen LogP contribution is 2.27. The molecule has 0 spiro atoms. The Kier molecular flexibility index (Phi) is 4.42. The average Bonchev–Trinajstić information content (AvgIpc) is 2.84. The van der Waals surface area contributed by atoms with Crippen LogP contribution in [0.5, 0.6) is 0 Å². The van der Waals surface area contributed by atoms with Gasteiger partial charge in [0.25, 0.3) is 0 Å². The van der Waals surface area contributed by atoms with Gasteiger partial charge in [-0.2, -0.15) is 0 Å². The van der Waals surface area contributed by atoms with E-state index in [2.05, 4.69) is 22.2 Å². The molecule has 4 nitrogen and oxygen atoms in total. The number of aromatic nitrogens is 2. The average molecular weight is 295 g/mol. The highest BCUT2D eigenvalue weighted by Gasteiger charge is 2.18. The Balaban J connectivity index is 1.99. The number of carbonyl (C=O) groups excluding carboxylic acids is 1. The number of nitrogens with one attached hydrogen (secondary N) is 1. The monoisotopic (exact) mass is 295 g/mol. The third-order valence-electron chi connectivity index (χ3n) is 2.93. The van der Waals surface area contributed by atoms with E-state index in [1.807, 2.05) is 25.3 Å². The Labute approximate surface area is 121 Å². The first-order valence-electron chi connectivity index (χ1n) is 6.14. The molecule has 2 rings (SSSR count). The molecule has 2 aromatic rings. The zero-order valence-electron chi connectivity index (χ0n) is 11.3. The molecule has 0 saturated heterocycles. The van der Waals surface area contributed by atoms with E-state index in [9.17, 15) is 4.79 Å². The van der Waals surface area contributed by atoms with Crippen LogP contribution in [0, 0.1) is 0 Å². The molecule has 1 amide bonds. The Hall–Kier alpha value is -1.14. The molecule has 0 aliphatic rings. The first kappa shape index (κ1) is 14.3. The van der Waals surface area contributed by atoms with Crippen LogP contribution in [0.3, 0.4) is 0 Å². The Morgan fingerprint density at radius 1 is 1.47 bits per heavy atom. The fraction of sp³-hybridized carbons (Fsp3) is 0.462. The van der Waals surface area contributed by atoms with Crippen LogP contribution in [0.4, 0.5) is 0 Å². The molecule has 0 bridgehead atoms. The number of hydrogen-bond acceptors (Lipinski definition) is 5. The molecular formula is C13H17N3OS2. The minimum absolute atomic E-state index is 0.0406. The lowest BCUT2D eigenvalue weighted by molar-refractivity contribution is -0.120. The summed E-state index contributed by atoms with van der Waals surface area (Å²) in [5, 5.41) is 6.91. The van der Waals surface area contributed by atoms with Crippen LogP contribution in [-0.4, -0.2) is 27.2 Å². The van der Waals surface area contributed by atoms with Crippen LogP contribution in [0.25, 0.3) is 10.2 Å². The normalized spacial score (nSPS) is 11.7. The predicted molar refractivity (Wildman–Crippen MR) is 80.7 cm³/mol. The third-order valence-corrected chi connectivity index (χ3v) is 4.75. The smallest absolute Gasteiger partial charge is 0.230 e. The Morgan fingerprint density at radius 2 is 2.26 bits per heavy atom. The molecule has 0 aliphatic heterocycles. The minimum Gasteiger partial charge on any atom is -0.351 e. The zero-order valence-corrected chi connectivity index (χ0v) is 12.9. The first-order valence-corrected chi connectivity index (χ1v) is 8.00. The largest absolute Gasteiger partial charge is 0.351 e. The van der Waals surface area contributed by atoms with Crippen molar-refractivity contribution in [3.05, 3.63) is 17.8 Å². The topological polar surface area (TPSA) is 54.9 Å². The second-order valence-corrected chi connectivity index (χ2v) is 6.75. The van der Waals surface area contributed by atoms with Crippen molar-refractivity contribution in [1.29, 1.82) is 0 Å². The molecule has 0 fully saturated rings. The Bertz CT molecular complexity index is 580. The van der Waals surface area contributed by atoms with Gasteiger partial charge in [-0.25, -0.2) is 9.97 Å². The van der Waals surface area contributed by atoms with Crippen LogP contribution >= 0.6 is 23.1 Å². The molecule has 0 aromatic carbocycles. The maximum absolute atomic E-state index is 11.9.